The third-order valence-corrected chi connectivity index (χ3v) is 4.64. The van der Waals surface area contributed by atoms with Crippen LogP contribution in [-0.4, -0.2) is 21.8 Å². The number of benzene rings is 2. The summed E-state index contributed by atoms with van der Waals surface area (Å²) in [6, 6.07) is 20.3. The van der Waals surface area contributed by atoms with Crippen LogP contribution < -0.4 is 10.2 Å². The zero-order valence-corrected chi connectivity index (χ0v) is 16.1. The van der Waals surface area contributed by atoms with Gasteiger partial charge in [-0.1, -0.05) is 36.4 Å². The molecule has 0 spiro atoms. The van der Waals surface area contributed by atoms with Gasteiger partial charge in [0, 0.05) is 17.5 Å². The highest BCUT2D eigenvalue weighted by Crippen LogP contribution is 2.23. The van der Waals surface area contributed by atoms with Crippen molar-refractivity contribution in [1.29, 1.82) is 0 Å². The molecular weight excluding hydrogens is 382 g/mol. The molecule has 0 saturated heterocycles. The lowest BCUT2D eigenvalue weighted by Crippen LogP contribution is -2.05. The van der Waals surface area contributed by atoms with E-state index in [0.717, 1.165) is 11.3 Å². The first-order valence-electron chi connectivity index (χ1n) is 9.16. The largest absolute Gasteiger partial charge is 0.497 e. The molecule has 7 nitrogen and oxygen atoms in total. The van der Waals surface area contributed by atoms with Gasteiger partial charge in [0.2, 0.25) is 5.43 Å². The summed E-state index contributed by atoms with van der Waals surface area (Å²) in [5.41, 5.74) is 2.28. The molecule has 0 N–H and O–H groups in total. The van der Waals surface area contributed by atoms with Crippen LogP contribution in [0.2, 0.25) is 0 Å². The van der Waals surface area contributed by atoms with Crippen molar-refractivity contribution in [3.8, 4) is 11.4 Å². The zero-order valence-electron chi connectivity index (χ0n) is 16.1. The second-order valence-electron chi connectivity index (χ2n) is 6.53. The van der Waals surface area contributed by atoms with E-state index in [2.05, 4.69) is 5.10 Å². The highest BCUT2D eigenvalue weighted by Gasteiger charge is 2.13. The van der Waals surface area contributed by atoms with E-state index >= 15 is 0 Å². The molecule has 1 heterocycles. The maximum atomic E-state index is 12.7. The molecule has 0 aliphatic rings. The molecule has 7 heteroatoms. The van der Waals surface area contributed by atoms with Crippen molar-refractivity contribution in [2.45, 2.75) is 0 Å². The second-order valence-corrected chi connectivity index (χ2v) is 6.53. The van der Waals surface area contributed by atoms with Gasteiger partial charge in [0.05, 0.1) is 23.4 Å². The molecule has 148 valence electrons. The Kier molecular flexibility index (Phi) is 5.09. The summed E-state index contributed by atoms with van der Waals surface area (Å²) in [6.07, 6.45) is 3.72. The number of ether oxygens (including phenoxy) is 1. The van der Waals surface area contributed by atoms with Crippen LogP contribution in [0.15, 0.2) is 77.6 Å². The van der Waals surface area contributed by atoms with E-state index < -0.39 is 4.92 Å². The van der Waals surface area contributed by atoms with E-state index in [1.54, 1.807) is 31.4 Å². The number of nitro groups is 1. The van der Waals surface area contributed by atoms with E-state index in [-0.39, 0.29) is 11.1 Å². The second kappa shape index (κ2) is 8.00. The summed E-state index contributed by atoms with van der Waals surface area (Å²) < 4.78 is 6.77. The molecule has 3 aromatic carbocycles. The molecule has 0 saturated carbocycles. The summed E-state index contributed by atoms with van der Waals surface area (Å²) in [7, 11) is 1.61. The van der Waals surface area contributed by atoms with Gasteiger partial charge in [0.25, 0.3) is 5.69 Å². The lowest BCUT2D eigenvalue weighted by Gasteiger charge is -2.01. The first-order valence-corrected chi connectivity index (χ1v) is 9.16. The summed E-state index contributed by atoms with van der Waals surface area (Å²) in [4.78, 5) is 23.2. The van der Waals surface area contributed by atoms with Crippen LogP contribution in [-0.2, 0) is 0 Å². The fraction of sp³-hybridized carbons (Fsp3) is 0.0435. The third kappa shape index (κ3) is 3.68. The lowest BCUT2D eigenvalue weighted by atomic mass is 10.1. The van der Waals surface area contributed by atoms with Crippen molar-refractivity contribution in [3.63, 3.8) is 0 Å². The maximum Gasteiger partial charge on any atom is 0.269 e. The topological polar surface area (TPSA) is 87.3 Å². The van der Waals surface area contributed by atoms with Crippen LogP contribution in [0.4, 0.5) is 5.69 Å². The first kappa shape index (κ1) is 19.1. The highest BCUT2D eigenvalue weighted by atomic mass is 16.6. The SMILES string of the molecule is COc1cccc(/C=C/c2nn(-c3ccc([N+](=O)[O-])cc3)c3c(=O)ccccc23)c1. The van der Waals surface area contributed by atoms with E-state index in [0.29, 0.717) is 22.3 Å². The van der Waals surface area contributed by atoms with Gasteiger partial charge in [0.15, 0.2) is 0 Å². The van der Waals surface area contributed by atoms with Crippen molar-refractivity contribution in [3.05, 3.63) is 104 Å². The number of nitrogens with zero attached hydrogens (tertiary/aromatic N) is 3. The smallest absolute Gasteiger partial charge is 0.269 e. The van der Waals surface area contributed by atoms with E-state index in [4.69, 9.17) is 4.74 Å². The van der Waals surface area contributed by atoms with Gasteiger partial charge in [0.1, 0.15) is 11.3 Å². The van der Waals surface area contributed by atoms with Crippen molar-refractivity contribution in [1.82, 2.24) is 9.78 Å². The van der Waals surface area contributed by atoms with E-state index in [1.165, 1.54) is 22.9 Å². The van der Waals surface area contributed by atoms with Crippen molar-refractivity contribution >= 4 is 28.7 Å². The van der Waals surface area contributed by atoms with Gasteiger partial charge in [-0.3, -0.25) is 14.9 Å². The minimum absolute atomic E-state index is 0.0266. The average molecular weight is 399 g/mol. The van der Waals surface area contributed by atoms with Crippen LogP contribution in [0.1, 0.15) is 11.3 Å². The molecule has 0 aliphatic carbocycles. The summed E-state index contributed by atoms with van der Waals surface area (Å²) in [5.74, 6) is 0.742. The van der Waals surface area contributed by atoms with Crippen LogP contribution in [0.3, 0.4) is 0 Å². The Hall–Kier alpha value is -4.26. The Balaban J connectivity index is 1.86. The normalized spacial score (nSPS) is 11.1. The molecule has 0 amide bonds. The molecular formula is C23H17N3O4. The Bertz CT molecular complexity index is 1320. The molecule has 1 aromatic heterocycles. The van der Waals surface area contributed by atoms with Gasteiger partial charge in [-0.2, -0.15) is 5.10 Å². The minimum atomic E-state index is -0.466. The number of hydrogen-bond acceptors (Lipinski definition) is 5. The van der Waals surface area contributed by atoms with Crippen molar-refractivity contribution < 1.29 is 9.66 Å². The molecule has 30 heavy (non-hydrogen) atoms. The predicted octanol–water partition coefficient (Wildman–Crippen LogP) is 4.47. The Morgan fingerprint density at radius 1 is 1.00 bits per heavy atom. The van der Waals surface area contributed by atoms with E-state index in [9.17, 15) is 14.9 Å². The number of fused-ring (bicyclic) bond motifs is 1. The number of non-ortho nitro benzene ring substituents is 1. The monoisotopic (exact) mass is 399 g/mol. The number of aromatic nitrogens is 2. The van der Waals surface area contributed by atoms with Gasteiger partial charge in [-0.25, -0.2) is 4.68 Å². The highest BCUT2D eigenvalue weighted by molar-refractivity contribution is 5.90. The predicted molar refractivity (Wildman–Crippen MR) is 116 cm³/mol. The zero-order chi connectivity index (χ0) is 21.1. The molecule has 0 unspecified atom stereocenters. The summed E-state index contributed by atoms with van der Waals surface area (Å²) in [6.45, 7) is 0. The fourth-order valence-electron chi connectivity index (χ4n) is 3.17. The van der Waals surface area contributed by atoms with Gasteiger partial charge in [-0.15, -0.1) is 0 Å². The Morgan fingerprint density at radius 2 is 1.77 bits per heavy atom. The van der Waals surface area contributed by atoms with Gasteiger partial charge < -0.3 is 4.74 Å². The quantitative estimate of drug-likeness (QED) is 0.365. The average Bonchev–Trinajstić information content (AvgIpc) is 3.02. The third-order valence-electron chi connectivity index (χ3n) is 4.64. The lowest BCUT2D eigenvalue weighted by molar-refractivity contribution is -0.384. The fourth-order valence-corrected chi connectivity index (χ4v) is 3.17. The van der Waals surface area contributed by atoms with Crippen LogP contribution >= 0.6 is 0 Å². The summed E-state index contributed by atoms with van der Waals surface area (Å²) in [5, 5.41) is 16.2. The van der Waals surface area contributed by atoms with Crippen molar-refractivity contribution in [2.75, 3.05) is 7.11 Å². The Labute approximate surface area is 171 Å². The number of methoxy groups -OCH3 is 1. The van der Waals surface area contributed by atoms with E-state index in [1.807, 2.05) is 42.5 Å². The van der Waals surface area contributed by atoms with Crippen LogP contribution in [0, 0.1) is 10.1 Å². The molecule has 0 radical (unpaired) electrons. The number of nitro benzene ring substituents is 1. The molecule has 0 atom stereocenters. The van der Waals surface area contributed by atoms with Crippen LogP contribution in [0.25, 0.3) is 28.7 Å². The number of hydrogen-bond donors (Lipinski definition) is 0. The first-order chi connectivity index (χ1) is 14.6. The standard InChI is InChI=1S/C23H17N3O4/c1-30-19-6-4-5-16(15-19)9-14-21-20-7-2-3-8-22(27)23(20)25(24-21)17-10-12-18(13-11-17)26(28)29/h2-15H,1H3/b14-9+. The molecule has 0 fully saturated rings. The molecule has 0 aliphatic heterocycles. The van der Waals surface area contributed by atoms with Gasteiger partial charge in [-0.05, 0) is 42.0 Å². The minimum Gasteiger partial charge on any atom is -0.497 e. The maximum absolute atomic E-state index is 12.7. The van der Waals surface area contributed by atoms with Crippen LogP contribution in [0.5, 0.6) is 5.75 Å². The van der Waals surface area contributed by atoms with Crippen molar-refractivity contribution in [2.24, 2.45) is 0 Å². The Morgan fingerprint density at radius 3 is 2.50 bits per heavy atom. The molecule has 4 rings (SSSR count). The number of rotatable bonds is 5. The molecule has 4 aromatic rings. The van der Waals surface area contributed by atoms with Gasteiger partial charge >= 0.3 is 0 Å². The summed E-state index contributed by atoms with van der Waals surface area (Å²) >= 11 is 0. The molecule has 0 bridgehead atoms.